The van der Waals surface area contributed by atoms with E-state index in [0.29, 0.717) is 40.4 Å². The molecule has 2 heterocycles. The van der Waals surface area contributed by atoms with E-state index in [9.17, 15) is 4.79 Å². The number of ketones is 1. The summed E-state index contributed by atoms with van der Waals surface area (Å²) in [7, 11) is 0. The standard InChI is InChI=1S/C26H20BrCl2NO3/c1-15-9-22-20(13-30(14-32-22)8-7-17-5-6-19(28)12-21(17)29)26-24(15)25(31)23(33-26)11-16-3-2-4-18(27)10-16/h2-6,9-12H,7-8,13-14H2,1H3/b23-11+. The van der Waals surface area contributed by atoms with Crippen molar-refractivity contribution in [2.75, 3.05) is 13.3 Å². The highest BCUT2D eigenvalue weighted by molar-refractivity contribution is 9.10. The van der Waals surface area contributed by atoms with E-state index in [2.05, 4.69) is 20.8 Å². The Balaban J connectivity index is 1.40. The Bertz CT molecular complexity index is 1300. The number of rotatable bonds is 4. The molecular weight excluding hydrogens is 525 g/mol. The number of hydrogen-bond donors (Lipinski definition) is 0. The number of fused-ring (bicyclic) bond motifs is 3. The molecular formula is C26H20BrCl2NO3. The minimum absolute atomic E-state index is 0.102. The summed E-state index contributed by atoms with van der Waals surface area (Å²) in [5.74, 6) is 1.59. The quantitative estimate of drug-likeness (QED) is 0.329. The van der Waals surface area contributed by atoms with Crippen molar-refractivity contribution >= 4 is 51.0 Å². The van der Waals surface area contributed by atoms with Crippen molar-refractivity contribution in [3.8, 4) is 11.5 Å². The molecule has 0 saturated heterocycles. The molecule has 0 spiro atoms. The Morgan fingerprint density at radius 2 is 2.00 bits per heavy atom. The molecule has 33 heavy (non-hydrogen) atoms. The third-order valence-corrected chi connectivity index (χ3v) is 6.93. The van der Waals surface area contributed by atoms with Gasteiger partial charge in [-0.1, -0.05) is 57.3 Å². The van der Waals surface area contributed by atoms with Gasteiger partial charge in [-0.05, 0) is 66.4 Å². The van der Waals surface area contributed by atoms with E-state index in [4.69, 9.17) is 32.7 Å². The van der Waals surface area contributed by atoms with Crippen LogP contribution in [0.5, 0.6) is 11.5 Å². The van der Waals surface area contributed by atoms with Gasteiger partial charge in [-0.25, -0.2) is 0 Å². The first-order chi connectivity index (χ1) is 15.9. The zero-order chi connectivity index (χ0) is 23.1. The van der Waals surface area contributed by atoms with Gasteiger partial charge in [-0.3, -0.25) is 9.69 Å². The van der Waals surface area contributed by atoms with Crippen molar-refractivity contribution in [2.24, 2.45) is 0 Å². The van der Waals surface area contributed by atoms with E-state index in [1.807, 2.05) is 49.4 Å². The lowest BCUT2D eigenvalue weighted by Gasteiger charge is -2.30. The summed E-state index contributed by atoms with van der Waals surface area (Å²) in [6.45, 7) is 3.75. The molecule has 5 rings (SSSR count). The topological polar surface area (TPSA) is 38.8 Å². The van der Waals surface area contributed by atoms with E-state index in [1.54, 1.807) is 12.1 Å². The summed E-state index contributed by atoms with van der Waals surface area (Å²) in [6.07, 6.45) is 2.54. The van der Waals surface area contributed by atoms with Crippen LogP contribution >= 0.6 is 39.1 Å². The Labute approximate surface area is 210 Å². The van der Waals surface area contributed by atoms with Gasteiger partial charge in [0.25, 0.3) is 0 Å². The number of Topliss-reactive ketones (excluding diaryl/α,β-unsaturated/α-hetero) is 1. The highest BCUT2D eigenvalue weighted by Gasteiger charge is 2.35. The molecule has 0 fully saturated rings. The zero-order valence-corrected chi connectivity index (χ0v) is 20.9. The second-order valence-electron chi connectivity index (χ2n) is 8.18. The lowest BCUT2D eigenvalue weighted by Crippen LogP contribution is -2.34. The third kappa shape index (κ3) is 4.56. The average Bonchev–Trinajstić information content (AvgIpc) is 3.10. The number of carbonyl (C=O) groups excluding carboxylic acids is 1. The van der Waals surface area contributed by atoms with Gasteiger partial charge >= 0.3 is 0 Å². The molecule has 4 nitrogen and oxygen atoms in total. The van der Waals surface area contributed by atoms with Crippen LogP contribution in [-0.4, -0.2) is 24.0 Å². The maximum atomic E-state index is 13.2. The zero-order valence-electron chi connectivity index (χ0n) is 17.8. The van der Waals surface area contributed by atoms with Gasteiger partial charge < -0.3 is 9.47 Å². The molecule has 0 N–H and O–H groups in total. The first-order valence-corrected chi connectivity index (χ1v) is 12.1. The van der Waals surface area contributed by atoms with E-state index >= 15 is 0 Å². The number of benzene rings is 3. The summed E-state index contributed by atoms with van der Waals surface area (Å²) >= 11 is 15.8. The third-order valence-electron chi connectivity index (χ3n) is 5.85. The molecule has 0 saturated carbocycles. The van der Waals surface area contributed by atoms with E-state index in [0.717, 1.165) is 45.4 Å². The van der Waals surface area contributed by atoms with E-state index < -0.39 is 0 Å². The van der Waals surface area contributed by atoms with E-state index in [1.165, 1.54) is 0 Å². The van der Waals surface area contributed by atoms with Crippen LogP contribution in [0, 0.1) is 6.92 Å². The molecule has 2 aliphatic heterocycles. The maximum absolute atomic E-state index is 13.2. The second kappa shape index (κ2) is 9.15. The fraction of sp³-hybridized carbons (Fsp3) is 0.192. The molecule has 0 aliphatic carbocycles. The van der Waals surface area contributed by atoms with Gasteiger partial charge in [0, 0.05) is 27.6 Å². The van der Waals surface area contributed by atoms with Gasteiger partial charge in [0.05, 0.1) is 11.1 Å². The van der Waals surface area contributed by atoms with Crippen LogP contribution in [0.1, 0.15) is 32.6 Å². The predicted octanol–water partition coefficient (Wildman–Crippen LogP) is 7.08. The lowest BCUT2D eigenvalue weighted by molar-refractivity contribution is 0.0949. The molecule has 7 heteroatoms. The fourth-order valence-corrected chi connectivity index (χ4v) is 5.09. The van der Waals surface area contributed by atoms with Gasteiger partial charge in [0.2, 0.25) is 5.78 Å². The van der Waals surface area contributed by atoms with Crippen molar-refractivity contribution in [2.45, 2.75) is 19.9 Å². The van der Waals surface area contributed by atoms with Crippen LogP contribution in [-0.2, 0) is 13.0 Å². The number of allylic oxidation sites excluding steroid dienone is 1. The smallest absolute Gasteiger partial charge is 0.232 e. The Hall–Kier alpha value is -2.31. The lowest BCUT2D eigenvalue weighted by atomic mass is 9.98. The minimum Gasteiger partial charge on any atom is -0.478 e. The van der Waals surface area contributed by atoms with Crippen molar-refractivity contribution in [3.63, 3.8) is 0 Å². The number of nitrogens with zero attached hydrogens (tertiary/aromatic N) is 1. The molecule has 0 aromatic heterocycles. The molecule has 0 atom stereocenters. The SMILES string of the molecule is Cc1cc2c(c3c1C(=O)/C(=C\c1cccc(Br)c1)O3)CN(CCc1ccc(Cl)cc1Cl)CO2. The van der Waals surface area contributed by atoms with Gasteiger partial charge in [-0.15, -0.1) is 0 Å². The van der Waals surface area contributed by atoms with Gasteiger partial charge in [-0.2, -0.15) is 0 Å². The number of carbonyl (C=O) groups is 1. The molecule has 3 aromatic carbocycles. The normalized spacial score (nSPS) is 16.4. The number of ether oxygens (including phenoxy) is 2. The van der Waals surface area contributed by atoms with Crippen molar-refractivity contribution in [1.29, 1.82) is 0 Å². The summed E-state index contributed by atoms with van der Waals surface area (Å²) < 4.78 is 13.1. The molecule has 2 aliphatic rings. The van der Waals surface area contributed by atoms with Crippen LogP contribution in [0.25, 0.3) is 6.08 Å². The maximum Gasteiger partial charge on any atom is 0.232 e. The van der Waals surface area contributed by atoms with Crippen molar-refractivity contribution < 1.29 is 14.3 Å². The van der Waals surface area contributed by atoms with Crippen LogP contribution in [0.2, 0.25) is 10.0 Å². The van der Waals surface area contributed by atoms with E-state index in [-0.39, 0.29) is 5.78 Å². The minimum atomic E-state index is -0.102. The number of halogens is 3. The predicted molar refractivity (Wildman–Crippen MR) is 134 cm³/mol. The van der Waals surface area contributed by atoms with Gasteiger partial charge in [0.15, 0.2) is 5.76 Å². The largest absolute Gasteiger partial charge is 0.478 e. The van der Waals surface area contributed by atoms with Crippen LogP contribution in [0.4, 0.5) is 0 Å². The number of aryl methyl sites for hydroxylation is 1. The highest BCUT2D eigenvalue weighted by Crippen LogP contribution is 2.44. The fourth-order valence-electron chi connectivity index (χ4n) is 4.17. The molecule has 0 bridgehead atoms. The van der Waals surface area contributed by atoms with Crippen molar-refractivity contribution in [3.05, 3.63) is 96.6 Å². The van der Waals surface area contributed by atoms with Crippen LogP contribution in [0.3, 0.4) is 0 Å². The first-order valence-electron chi connectivity index (χ1n) is 10.5. The van der Waals surface area contributed by atoms with Gasteiger partial charge in [0.1, 0.15) is 18.2 Å². The number of hydrogen-bond acceptors (Lipinski definition) is 4. The van der Waals surface area contributed by atoms with Crippen molar-refractivity contribution in [1.82, 2.24) is 4.90 Å². The molecule has 168 valence electrons. The highest BCUT2D eigenvalue weighted by atomic mass is 79.9. The van der Waals surface area contributed by atoms with Crippen LogP contribution in [0.15, 0.2) is 58.8 Å². The average molecular weight is 545 g/mol. The summed E-state index contributed by atoms with van der Waals surface area (Å²) in [5, 5.41) is 1.28. The van der Waals surface area contributed by atoms with Crippen LogP contribution < -0.4 is 9.47 Å². The monoisotopic (exact) mass is 543 g/mol. The Kier molecular flexibility index (Phi) is 6.23. The Morgan fingerprint density at radius 1 is 1.15 bits per heavy atom. The summed E-state index contributed by atoms with van der Waals surface area (Å²) in [4.78, 5) is 15.3. The summed E-state index contributed by atoms with van der Waals surface area (Å²) in [5.41, 5.74) is 4.29. The molecule has 0 unspecified atom stereocenters. The molecule has 0 amide bonds. The molecule has 0 radical (unpaired) electrons. The molecule has 3 aromatic rings. The first kappa shape index (κ1) is 22.5. The Morgan fingerprint density at radius 3 is 2.79 bits per heavy atom. The second-order valence-corrected chi connectivity index (χ2v) is 9.94. The summed E-state index contributed by atoms with van der Waals surface area (Å²) in [6, 6.07) is 15.2.